The number of hydrogen-bond donors (Lipinski definition) is 0. The third-order valence-electron chi connectivity index (χ3n) is 1.26. The number of nitrogens with zero attached hydrogens (tertiary/aromatic N) is 2. The lowest BCUT2D eigenvalue weighted by atomic mass is 10.6. The predicted molar refractivity (Wildman–Crippen MR) is 78.2 cm³/mol. The molecule has 0 fully saturated rings. The van der Waals surface area contributed by atoms with E-state index in [0.717, 1.165) is 0 Å². The van der Waals surface area contributed by atoms with Crippen LogP contribution in [-0.4, -0.2) is 49.8 Å². The molecule has 0 N–H and O–H groups in total. The highest BCUT2D eigenvalue weighted by molar-refractivity contribution is 5.72. The molecule has 0 rings (SSSR count). The van der Waals surface area contributed by atoms with Gasteiger partial charge in [0.2, 0.25) is 11.8 Å². The smallest absolute Gasteiger partial charge is 0.218 e. The first-order valence-corrected chi connectivity index (χ1v) is 5.06. The highest BCUT2D eigenvalue weighted by Crippen LogP contribution is 1.70. The standard InChI is InChI=1S/2C4H9NO.C3H8.2CH4/c2*1-4(6)5(2)3;1-3-2;;/h2*1-3H3;3H2,1-2H3;2*1H4. The Bertz CT molecular complexity index is 149. The maximum Gasteiger partial charge on any atom is 0.218 e. The molecule has 17 heavy (non-hydrogen) atoms. The van der Waals surface area contributed by atoms with Crippen molar-refractivity contribution in [2.24, 2.45) is 0 Å². The molecule has 0 saturated heterocycles. The third kappa shape index (κ3) is 51.9. The largest absolute Gasteiger partial charge is 0.349 e. The molecular formula is C13H34N2O2. The van der Waals surface area contributed by atoms with Crippen LogP contribution in [0, 0.1) is 0 Å². The Morgan fingerprint density at radius 2 is 0.824 bits per heavy atom. The first-order valence-electron chi connectivity index (χ1n) is 5.06. The fraction of sp³-hybridized carbons (Fsp3) is 0.846. The van der Waals surface area contributed by atoms with Crippen LogP contribution in [-0.2, 0) is 9.59 Å². The van der Waals surface area contributed by atoms with Crippen molar-refractivity contribution in [3.05, 3.63) is 0 Å². The Morgan fingerprint density at radius 1 is 0.765 bits per heavy atom. The van der Waals surface area contributed by atoms with Crippen LogP contribution in [0.5, 0.6) is 0 Å². The second-order valence-electron chi connectivity index (χ2n) is 3.53. The lowest BCUT2D eigenvalue weighted by Crippen LogP contribution is -2.17. The molecular weight excluding hydrogens is 216 g/mol. The van der Waals surface area contributed by atoms with Gasteiger partial charge in [-0.2, -0.15) is 0 Å². The summed E-state index contributed by atoms with van der Waals surface area (Å²) in [5, 5.41) is 0. The quantitative estimate of drug-likeness (QED) is 0.663. The van der Waals surface area contributed by atoms with Crippen molar-refractivity contribution < 1.29 is 9.59 Å². The van der Waals surface area contributed by atoms with Gasteiger partial charge in [0.15, 0.2) is 0 Å². The van der Waals surface area contributed by atoms with Crippen molar-refractivity contribution >= 4 is 11.8 Å². The molecule has 2 amide bonds. The van der Waals surface area contributed by atoms with Crippen LogP contribution in [0.3, 0.4) is 0 Å². The Balaban J connectivity index is -0.0000000421. The third-order valence-corrected chi connectivity index (χ3v) is 1.26. The van der Waals surface area contributed by atoms with E-state index in [1.54, 1.807) is 28.2 Å². The van der Waals surface area contributed by atoms with Crippen molar-refractivity contribution in [1.29, 1.82) is 0 Å². The molecule has 0 radical (unpaired) electrons. The summed E-state index contributed by atoms with van der Waals surface area (Å²) in [6.45, 7) is 7.31. The Labute approximate surface area is 109 Å². The SMILES string of the molecule is C.C.CC(=O)N(C)C.CC(=O)N(C)C.CCC. The van der Waals surface area contributed by atoms with Gasteiger partial charge in [-0.15, -0.1) is 0 Å². The second-order valence-corrected chi connectivity index (χ2v) is 3.53. The zero-order valence-electron chi connectivity index (χ0n) is 11.4. The van der Waals surface area contributed by atoms with Gasteiger partial charge in [-0.1, -0.05) is 35.1 Å². The van der Waals surface area contributed by atoms with Gasteiger partial charge in [-0.25, -0.2) is 0 Å². The minimum atomic E-state index is 0. The molecule has 0 saturated carbocycles. The topological polar surface area (TPSA) is 40.6 Å². The van der Waals surface area contributed by atoms with Gasteiger partial charge in [0.1, 0.15) is 0 Å². The van der Waals surface area contributed by atoms with E-state index in [1.807, 2.05) is 0 Å². The molecule has 0 unspecified atom stereocenters. The fourth-order valence-corrected chi connectivity index (χ4v) is 0. The molecule has 0 aliphatic heterocycles. The van der Waals surface area contributed by atoms with Crippen molar-refractivity contribution in [3.63, 3.8) is 0 Å². The summed E-state index contributed by atoms with van der Waals surface area (Å²) in [5.41, 5.74) is 0. The summed E-state index contributed by atoms with van der Waals surface area (Å²) in [5.74, 6) is 0.185. The summed E-state index contributed by atoms with van der Waals surface area (Å²) in [7, 11) is 6.90. The van der Waals surface area contributed by atoms with Crippen LogP contribution < -0.4 is 0 Å². The number of carbonyl (C=O) groups excluding carboxylic acids is 2. The highest BCUT2D eigenvalue weighted by atomic mass is 16.2. The minimum absolute atomic E-state index is 0. The van der Waals surface area contributed by atoms with Gasteiger partial charge in [-0.05, 0) is 0 Å². The van der Waals surface area contributed by atoms with Gasteiger partial charge in [-0.3, -0.25) is 9.59 Å². The summed E-state index contributed by atoms with van der Waals surface area (Å²) in [6.07, 6.45) is 1.25. The van der Waals surface area contributed by atoms with Crippen molar-refractivity contribution in [2.75, 3.05) is 28.2 Å². The molecule has 0 aromatic carbocycles. The summed E-state index contributed by atoms with van der Waals surface area (Å²) in [6, 6.07) is 0. The molecule has 108 valence electrons. The van der Waals surface area contributed by atoms with Gasteiger partial charge in [0.05, 0.1) is 0 Å². The van der Waals surface area contributed by atoms with Gasteiger partial charge >= 0.3 is 0 Å². The first-order chi connectivity index (χ1) is 6.70. The van der Waals surface area contributed by atoms with Crippen LogP contribution in [0.4, 0.5) is 0 Å². The van der Waals surface area contributed by atoms with Crippen molar-refractivity contribution in [2.45, 2.75) is 49.0 Å². The Kier molecular flexibility index (Phi) is 35.6. The van der Waals surface area contributed by atoms with E-state index in [-0.39, 0.29) is 26.7 Å². The monoisotopic (exact) mass is 250 g/mol. The lowest BCUT2D eigenvalue weighted by molar-refractivity contribution is -0.127. The fourth-order valence-electron chi connectivity index (χ4n) is 0. The molecule has 4 heteroatoms. The van der Waals surface area contributed by atoms with Gasteiger partial charge < -0.3 is 9.80 Å². The molecule has 0 bridgehead atoms. The second kappa shape index (κ2) is 20.4. The maximum absolute atomic E-state index is 10.1. The zero-order chi connectivity index (χ0) is 13.0. The van der Waals surface area contributed by atoms with E-state index in [4.69, 9.17) is 0 Å². The maximum atomic E-state index is 10.1. The average molecular weight is 250 g/mol. The number of amides is 2. The molecule has 0 spiro atoms. The molecule has 0 heterocycles. The van der Waals surface area contributed by atoms with Crippen LogP contribution in [0.1, 0.15) is 49.0 Å². The van der Waals surface area contributed by atoms with E-state index in [0.29, 0.717) is 0 Å². The Morgan fingerprint density at radius 3 is 0.824 bits per heavy atom. The number of hydrogen-bond acceptors (Lipinski definition) is 2. The molecule has 0 atom stereocenters. The summed E-state index contributed by atoms with van der Waals surface area (Å²) >= 11 is 0. The average Bonchev–Trinajstić information content (AvgIpc) is 2.06. The number of rotatable bonds is 0. The summed E-state index contributed by atoms with van der Waals surface area (Å²) in [4.78, 5) is 23.2. The van der Waals surface area contributed by atoms with Crippen LogP contribution >= 0.6 is 0 Å². The van der Waals surface area contributed by atoms with E-state index in [9.17, 15) is 9.59 Å². The minimum Gasteiger partial charge on any atom is -0.349 e. The molecule has 0 aromatic heterocycles. The van der Waals surface area contributed by atoms with Crippen LogP contribution in [0.25, 0.3) is 0 Å². The predicted octanol–water partition coefficient (Wildman–Crippen LogP) is 2.88. The lowest BCUT2D eigenvalue weighted by Gasteiger charge is -2.02. The van der Waals surface area contributed by atoms with E-state index in [1.165, 1.54) is 30.1 Å². The van der Waals surface area contributed by atoms with Crippen LogP contribution in [0.2, 0.25) is 0 Å². The van der Waals surface area contributed by atoms with E-state index >= 15 is 0 Å². The highest BCUT2D eigenvalue weighted by Gasteiger charge is 1.88. The summed E-state index contributed by atoms with van der Waals surface area (Å²) < 4.78 is 0. The van der Waals surface area contributed by atoms with Crippen molar-refractivity contribution in [3.8, 4) is 0 Å². The van der Waals surface area contributed by atoms with E-state index in [2.05, 4.69) is 13.8 Å². The number of carbonyl (C=O) groups is 2. The van der Waals surface area contributed by atoms with Gasteiger partial charge in [0.25, 0.3) is 0 Å². The van der Waals surface area contributed by atoms with Crippen molar-refractivity contribution in [1.82, 2.24) is 9.80 Å². The zero-order valence-corrected chi connectivity index (χ0v) is 11.4. The Hall–Kier alpha value is -1.06. The molecule has 0 aromatic rings. The van der Waals surface area contributed by atoms with E-state index < -0.39 is 0 Å². The molecule has 0 aliphatic rings. The van der Waals surface area contributed by atoms with Gasteiger partial charge in [0, 0.05) is 42.0 Å². The molecule has 0 aliphatic carbocycles. The first kappa shape index (κ1) is 29.7. The normalized spacial score (nSPS) is 6.59. The van der Waals surface area contributed by atoms with Crippen LogP contribution in [0.15, 0.2) is 0 Å². The molecule has 4 nitrogen and oxygen atoms in total.